The van der Waals surface area contributed by atoms with Crippen molar-refractivity contribution in [2.45, 2.75) is 33.1 Å². The Balaban J connectivity index is 3.20. The van der Waals surface area contributed by atoms with Gasteiger partial charge in [-0.05, 0) is 12.3 Å². The van der Waals surface area contributed by atoms with E-state index >= 15 is 0 Å². The Bertz CT molecular complexity index is 274. The number of hydrogen-bond donors (Lipinski definition) is 1. The lowest BCUT2D eigenvalue weighted by atomic mass is 10.0. The molecule has 1 rings (SSSR count). The number of nitrogens with two attached hydrogens (primary N) is 1. The number of nitrogens with zero attached hydrogens (tertiary/aromatic N) is 2. The molecule has 0 radical (unpaired) electrons. The fourth-order valence-corrected chi connectivity index (χ4v) is 1.43. The standard InChI is InChI=1S/C9H17N3/c1-5-7-8(6(2)3)11-12(4)9(7)10/h6H,5,10H2,1-4H3. The van der Waals surface area contributed by atoms with Gasteiger partial charge in [-0.25, -0.2) is 0 Å². The molecule has 0 atom stereocenters. The van der Waals surface area contributed by atoms with Crippen molar-refractivity contribution in [1.29, 1.82) is 0 Å². The van der Waals surface area contributed by atoms with Crippen molar-refractivity contribution < 1.29 is 0 Å². The van der Waals surface area contributed by atoms with Crippen LogP contribution in [0.4, 0.5) is 5.82 Å². The summed E-state index contributed by atoms with van der Waals surface area (Å²) in [6.45, 7) is 6.39. The lowest BCUT2D eigenvalue weighted by Gasteiger charge is -2.02. The van der Waals surface area contributed by atoms with E-state index in [0.29, 0.717) is 5.92 Å². The molecule has 0 spiro atoms. The predicted octanol–water partition coefficient (Wildman–Crippen LogP) is 1.69. The molecule has 0 saturated heterocycles. The van der Waals surface area contributed by atoms with Gasteiger partial charge in [-0.3, -0.25) is 4.68 Å². The van der Waals surface area contributed by atoms with Crippen LogP contribution in [0.15, 0.2) is 0 Å². The maximum absolute atomic E-state index is 5.85. The van der Waals surface area contributed by atoms with Crippen molar-refractivity contribution in [2.24, 2.45) is 7.05 Å². The van der Waals surface area contributed by atoms with Gasteiger partial charge in [0.15, 0.2) is 0 Å². The third-order valence-corrected chi connectivity index (χ3v) is 2.13. The molecule has 68 valence electrons. The molecule has 0 saturated carbocycles. The zero-order valence-electron chi connectivity index (χ0n) is 8.26. The van der Waals surface area contributed by atoms with Crippen molar-refractivity contribution in [2.75, 3.05) is 5.73 Å². The summed E-state index contributed by atoms with van der Waals surface area (Å²) in [6.07, 6.45) is 0.965. The molecule has 1 heterocycles. The smallest absolute Gasteiger partial charge is 0.124 e. The van der Waals surface area contributed by atoms with E-state index in [0.717, 1.165) is 17.9 Å². The van der Waals surface area contributed by atoms with Gasteiger partial charge in [-0.1, -0.05) is 20.8 Å². The second kappa shape index (κ2) is 3.17. The Morgan fingerprint density at radius 1 is 1.50 bits per heavy atom. The summed E-state index contributed by atoms with van der Waals surface area (Å²) in [5.74, 6) is 1.27. The van der Waals surface area contributed by atoms with E-state index in [-0.39, 0.29) is 0 Å². The minimum Gasteiger partial charge on any atom is -0.384 e. The van der Waals surface area contributed by atoms with Crippen molar-refractivity contribution in [1.82, 2.24) is 9.78 Å². The van der Waals surface area contributed by atoms with Crippen LogP contribution in [-0.2, 0) is 13.5 Å². The quantitative estimate of drug-likeness (QED) is 0.728. The van der Waals surface area contributed by atoms with Crippen molar-refractivity contribution in [3.63, 3.8) is 0 Å². The molecule has 1 aromatic heterocycles. The minimum absolute atomic E-state index is 0.462. The van der Waals surface area contributed by atoms with Crippen molar-refractivity contribution >= 4 is 5.82 Å². The summed E-state index contributed by atoms with van der Waals surface area (Å²) in [6, 6.07) is 0. The summed E-state index contributed by atoms with van der Waals surface area (Å²) in [5.41, 5.74) is 8.19. The monoisotopic (exact) mass is 167 g/mol. The Hall–Kier alpha value is -0.990. The normalized spacial score (nSPS) is 11.1. The Kier molecular flexibility index (Phi) is 2.40. The van der Waals surface area contributed by atoms with Gasteiger partial charge in [-0.15, -0.1) is 0 Å². The molecular formula is C9H17N3. The van der Waals surface area contributed by atoms with Crippen LogP contribution in [0.2, 0.25) is 0 Å². The van der Waals surface area contributed by atoms with Crippen LogP contribution < -0.4 is 5.73 Å². The van der Waals surface area contributed by atoms with Gasteiger partial charge in [0, 0.05) is 12.6 Å². The highest BCUT2D eigenvalue weighted by atomic mass is 15.3. The average Bonchev–Trinajstić information content (AvgIpc) is 2.29. The minimum atomic E-state index is 0.462. The molecule has 0 aliphatic rings. The van der Waals surface area contributed by atoms with E-state index in [1.807, 2.05) is 7.05 Å². The second-order valence-corrected chi connectivity index (χ2v) is 3.38. The van der Waals surface area contributed by atoms with Gasteiger partial charge in [0.05, 0.1) is 5.69 Å². The van der Waals surface area contributed by atoms with Gasteiger partial charge in [0.1, 0.15) is 5.82 Å². The van der Waals surface area contributed by atoms with Crippen LogP contribution in [0, 0.1) is 0 Å². The molecule has 0 fully saturated rings. The number of anilines is 1. The van der Waals surface area contributed by atoms with Crippen molar-refractivity contribution in [3.05, 3.63) is 11.3 Å². The SMILES string of the molecule is CCc1c(C(C)C)nn(C)c1N. The molecule has 0 amide bonds. The summed E-state index contributed by atoms with van der Waals surface area (Å²) in [7, 11) is 1.89. The fraction of sp³-hybridized carbons (Fsp3) is 0.667. The number of hydrogen-bond acceptors (Lipinski definition) is 2. The fourth-order valence-electron chi connectivity index (χ4n) is 1.43. The molecule has 0 aromatic carbocycles. The largest absolute Gasteiger partial charge is 0.384 e. The Morgan fingerprint density at radius 2 is 2.08 bits per heavy atom. The molecular weight excluding hydrogens is 150 g/mol. The highest BCUT2D eigenvalue weighted by Crippen LogP contribution is 2.23. The molecule has 3 heteroatoms. The molecule has 3 nitrogen and oxygen atoms in total. The highest BCUT2D eigenvalue weighted by molar-refractivity contribution is 5.44. The summed E-state index contributed by atoms with van der Waals surface area (Å²) in [5, 5.41) is 4.37. The lowest BCUT2D eigenvalue weighted by Crippen LogP contribution is -1.98. The zero-order valence-corrected chi connectivity index (χ0v) is 8.26. The molecule has 12 heavy (non-hydrogen) atoms. The summed E-state index contributed by atoms with van der Waals surface area (Å²) in [4.78, 5) is 0. The lowest BCUT2D eigenvalue weighted by molar-refractivity contribution is 0.717. The third-order valence-electron chi connectivity index (χ3n) is 2.13. The number of rotatable bonds is 2. The first kappa shape index (κ1) is 9.10. The van der Waals surface area contributed by atoms with Gasteiger partial charge in [-0.2, -0.15) is 5.10 Å². The number of nitrogen functional groups attached to an aromatic ring is 1. The van der Waals surface area contributed by atoms with E-state index < -0.39 is 0 Å². The average molecular weight is 167 g/mol. The third kappa shape index (κ3) is 1.31. The molecule has 1 aromatic rings. The second-order valence-electron chi connectivity index (χ2n) is 3.38. The number of aromatic nitrogens is 2. The molecule has 0 aliphatic heterocycles. The van der Waals surface area contributed by atoms with E-state index in [9.17, 15) is 0 Å². The first-order valence-electron chi connectivity index (χ1n) is 4.39. The van der Waals surface area contributed by atoms with Crippen LogP contribution in [-0.4, -0.2) is 9.78 Å². The van der Waals surface area contributed by atoms with Gasteiger partial charge >= 0.3 is 0 Å². The topological polar surface area (TPSA) is 43.8 Å². The van der Waals surface area contributed by atoms with Gasteiger partial charge < -0.3 is 5.73 Å². The summed E-state index contributed by atoms with van der Waals surface area (Å²) >= 11 is 0. The van der Waals surface area contributed by atoms with E-state index in [4.69, 9.17) is 5.73 Å². The van der Waals surface area contributed by atoms with Crippen LogP contribution in [0.5, 0.6) is 0 Å². The maximum atomic E-state index is 5.85. The van der Waals surface area contributed by atoms with Gasteiger partial charge in [0.2, 0.25) is 0 Å². The van der Waals surface area contributed by atoms with Crippen LogP contribution in [0.3, 0.4) is 0 Å². The Morgan fingerprint density at radius 3 is 2.42 bits per heavy atom. The van der Waals surface area contributed by atoms with Crippen LogP contribution >= 0.6 is 0 Å². The first-order chi connectivity index (χ1) is 5.57. The van der Waals surface area contributed by atoms with Crippen molar-refractivity contribution in [3.8, 4) is 0 Å². The van der Waals surface area contributed by atoms with E-state index in [1.165, 1.54) is 5.56 Å². The maximum Gasteiger partial charge on any atom is 0.124 e. The molecule has 0 bridgehead atoms. The zero-order chi connectivity index (χ0) is 9.30. The molecule has 0 unspecified atom stereocenters. The van der Waals surface area contributed by atoms with Crippen LogP contribution in [0.1, 0.15) is 37.9 Å². The van der Waals surface area contributed by atoms with E-state index in [1.54, 1.807) is 4.68 Å². The number of aryl methyl sites for hydroxylation is 1. The molecule has 2 N–H and O–H groups in total. The highest BCUT2D eigenvalue weighted by Gasteiger charge is 2.13. The Labute approximate surface area is 73.6 Å². The predicted molar refractivity (Wildman–Crippen MR) is 51.1 cm³/mol. The van der Waals surface area contributed by atoms with Crippen LogP contribution in [0.25, 0.3) is 0 Å². The van der Waals surface area contributed by atoms with Gasteiger partial charge in [0.25, 0.3) is 0 Å². The first-order valence-corrected chi connectivity index (χ1v) is 4.39. The molecule has 0 aliphatic carbocycles. The summed E-state index contributed by atoms with van der Waals surface area (Å²) < 4.78 is 1.76. The van der Waals surface area contributed by atoms with E-state index in [2.05, 4.69) is 25.9 Å².